The van der Waals surface area contributed by atoms with Gasteiger partial charge in [0.2, 0.25) is 5.91 Å². The topological polar surface area (TPSA) is 90.0 Å². The predicted octanol–water partition coefficient (Wildman–Crippen LogP) is 1.51. The molecular weight excluding hydrogens is 304 g/mol. The summed E-state index contributed by atoms with van der Waals surface area (Å²) in [4.78, 5) is 24.4. The molecule has 2 amide bonds. The number of hydrogen-bond donors (Lipinski definition) is 2. The Bertz CT molecular complexity index is 741. The normalized spacial score (nSPS) is 13.5. The van der Waals surface area contributed by atoms with E-state index in [1.807, 2.05) is 0 Å². The number of carbonyl (C=O) groups is 2. The molecule has 2 rings (SSSR count). The van der Waals surface area contributed by atoms with Gasteiger partial charge >= 0.3 is 0 Å². The molecule has 0 bridgehead atoms. The lowest BCUT2D eigenvalue weighted by molar-refractivity contribution is -0.123. The SMILES string of the molecule is Cc1c(C(=O)NC(C)(C(N)=O)c2cccc(Cl)c2)cnn1C. The molecule has 1 aromatic heterocycles. The van der Waals surface area contributed by atoms with E-state index in [0.717, 1.165) is 0 Å². The Labute approximate surface area is 133 Å². The lowest BCUT2D eigenvalue weighted by Crippen LogP contribution is -2.52. The number of amides is 2. The van der Waals surface area contributed by atoms with Gasteiger partial charge in [-0.25, -0.2) is 0 Å². The average Bonchev–Trinajstić information content (AvgIpc) is 2.78. The van der Waals surface area contributed by atoms with E-state index in [-0.39, 0.29) is 0 Å². The van der Waals surface area contributed by atoms with Crippen molar-refractivity contribution in [1.29, 1.82) is 0 Å². The van der Waals surface area contributed by atoms with Gasteiger partial charge in [0.15, 0.2) is 0 Å². The van der Waals surface area contributed by atoms with Crippen LogP contribution in [0.1, 0.15) is 28.5 Å². The maximum absolute atomic E-state index is 12.5. The van der Waals surface area contributed by atoms with E-state index in [1.165, 1.54) is 6.20 Å². The summed E-state index contributed by atoms with van der Waals surface area (Å²) >= 11 is 5.96. The van der Waals surface area contributed by atoms with Gasteiger partial charge in [0.25, 0.3) is 5.91 Å². The summed E-state index contributed by atoms with van der Waals surface area (Å²) in [6.07, 6.45) is 1.45. The molecule has 1 aromatic carbocycles. The van der Waals surface area contributed by atoms with E-state index in [9.17, 15) is 9.59 Å². The Hall–Kier alpha value is -2.34. The number of halogens is 1. The number of primary amides is 1. The Morgan fingerprint density at radius 2 is 2.09 bits per heavy atom. The van der Waals surface area contributed by atoms with Crippen molar-refractivity contribution in [2.24, 2.45) is 12.8 Å². The summed E-state index contributed by atoms with van der Waals surface area (Å²) in [7, 11) is 1.73. The average molecular weight is 321 g/mol. The van der Waals surface area contributed by atoms with Crippen LogP contribution in [0.2, 0.25) is 5.02 Å². The van der Waals surface area contributed by atoms with Crippen LogP contribution >= 0.6 is 11.6 Å². The van der Waals surface area contributed by atoms with E-state index in [0.29, 0.717) is 21.8 Å². The fourth-order valence-corrected chi connectivity index (χ4v) is 2.28. The predicted molar refractivity (Wildman–Crippen MR) is 83.4 cm³/mol. The van der Waals surface area contributed by atoms with E-state index in [4.69, 9.17) is 17.3 Å². The molecule has 1 heterocycles. The summed E-state index contributed by atoms with van der Waals surface area (Å²) in [5.41, 5.74) is 5.73. The number of aryl methyl sites for hydroxylation is 1. The third-order valence-corrected chi connectivity index (χ3v) is 3.97. The van der Waals surface area contributed by atoms with Crippen LogP contribution in [-0.2, 0) is 17.4 Å². The largest absolute Gasteiger partial charge is 0.367 e. The van der Waals surface area contributed by atoms with Crippen molar-refractivity contribution in [2.75, 3.05) is 0 Å². The highest BCUT2D eigenvalue weighted by Crippen LogP contribution is 2.24. The first-order valence-electron chi connectivity index (χ1n) is 6.62. The van der Waals surface area contributed by atoms with Gasteiger partial charge in [-0.1, -0.05) is 23.7 Å². The van der Waals surface area contributed by atoms with Gasteiger partial charge < -0.3 is 11.1 Å². The van der Waals surface area contributed by atoms with Crippen molar-refractivity contribution < 1.29 is 9.59 Å². The smallest absolute Gasteiger partial charge is 0.255 e. The zero-order chi connectivity index (χ0) is 16.5. The van der Waals surface area contributed by atoms with Crippen molar-refractivity contribution in [3.05, 3.63) is 52.3 Å². The molecule has 0 aliphatic rings. The van der Waals surface area contributed by atoms with Gasteiger partial charge in [-0.3, -0.25) is 14.3 Å². The minimum absolute atomic E-state index is 0.386. The molecule has 22 heavy (non-hydrogen) atoms. The molecule has 3 N–H and O–H groups in total. The summed E-state index contributed by atoms with van der Waals surface area (Å²) in [6.45, 7) is 3.31. The molecule has 1 unspecified atom stereocenters. The highest BCUT2D eigenvalue weighted by atomic mass is 35.5. The van der Waals surface area contributed by atoms with Crippen molar-refractivity contribution in [2.45, 2.75) is 19.4 Å². The zero-order valence-electron chi connectivity index (χ0n) is 12.6. The molecular formula is C15H17ClN4O2. The van der Waals surface area contributed by atoms with Crippen molar-refractivity contribution in [3.63, 3.8) is 0 Å². The number of nitrogens with one attached hydrogen (secondary N) is 1. The number of aromatic nitrogens is 2. The lowest BCUT2D eigenvalue weighted by atomic mass is 9.90. The molecule has 0 aliphatic carbocycles. The van der Waals surface area contributed by atoms with Gasteiger partial charge in [-0.05, 0) is 31.5 Å². The van der Waals surface area contributed by atoms with Crippen LogP contribution in [0.4, 0.5) is 0 Å². The first-order chi connectivity index (χ1) is 10.3. The Balaban J connectivity index is 2.39. The highest BCUT2D eigenvalue weighted by molar-refractivity contribution is 6.30. The first kappa shape index (κ1) is 16.0. The standard InChI is InChI=1S/C15H17ClN4O2/c1-9-12(8-18-20(9)3)13(21)19-15(2,14(17)22)10-5-4-6-11(16)7-10/h4-8H,1-3H3,(H2,17,22)(H,19,21). The van der Waals surface area contributed by atoms with Crippen LogP contribution in [0, 0.1) is 6.92 Å². The molecule has 1 atom stereocenters. The molecule has 0 fully saturated rings. The minimum atomic E-state index is -1.37. The van der Waals surface area contributed by atoms with Crippen molar-refractivity contribution in [1.82, 2.24) is 15.1 Å². The zero-order valence-corrected chi connectivity index (χ0v) is 13.3. The fourth-order valence-electron chi connectivity index (χ4n) is 2.09. The van der Waals surface area contributed by atoms with Gasteiger partial charge in [-0.2, -0.15) is 5.10 Å². The molecule has 0 spiro atoms. The van der Waals surface area contributed by atoms with E-state index >= 15 is 0 Å². The van der Waals surface area contributed by atoms with Crippen LogP contribution < -0.4 is 11.1 Å². The summed E-state index contributed by atoms with van der Waals surface area (Å²) in [5.74, 6) is -1.10. The van der Waals surface area contributed by atoms with Gasteiger partial charge in [-0.15, -0.1) is 0 Å². The number of rotatable bonds is 4. The monoisotopic (exact) mass is 320 g/mol. The summed E-state index contributed by atoms with van der Waals surface area (Å²) < 4.78 is 1.58. The van der Waals surface area contributed by atoms with E-state index < -0.39 is 17.4 Å². The molecule has 6 nitrogen and oxygen atoms in total. The highest BCUT2D eigenvalue weighted by Gasteiger charge is 2.36. The minimum Gasteiger partial charge on any atom is -0.367 e. The van der Waals surface area contributed by atoms with Gasteiger partial charge in [0, 0.05) is 17.8 Å². The number of carbonyl (C=O) groups excluding carboxylic acids is 2. The lowest BCUT2D eigenvalue weighted by Gasteiger charge is -2.28. The second-order valence-electron chi connectivity index (χ2n) is 5.22. The fraction of sp³-hybridized carbons (Fsp3) is 0.267. The van der Waals surface area contributed by atoms with Crippen molar-refractivity contribution in [3.8, 4) is 0 Å². The third kappa shape index (κ3) is 2.82. The van der Waals surface area contributed by atoms with Crippen LogP contribution in [0.15, 0.2) is 30.5 Å². The number of nitrogens with two attached hydrogens (primary N) is 1. The number of nitrogens with zero attached hydrogens (tertiary/aromatic N) is 2. The van der Waals surface area contributed by atoms with E-state index in [1.54, 1.807) is 49.8 Å². The molecule has 116 valence electrons. The van der Waals surface area contributed by atoms with Crippen molar-refractivity contribution >= 4 is 23.4 Å². The Morgan fingerprint density at radius 1 is 1.41 bits per heavy atom. The Kier molecular flexibility index (Phi) is 4.23. The third-order valence-electron chi connectivity index (χ3n) is 3.74. The molecule has 0 saturated heterocycles. The second kappa shape index (κ2) is 5.81. The Morgan fingerprint density at radius 3 is 2.59 bits per heavy atom. The van der Waals surface area contributed by atoms with E-state index in [2.05, 4.69) is 10.4 Å². The van der Waals surface area contributed by atoms with Gasteiger partial charge in [0.1, 0.15) is 5.54 Å². The number of hydrogen-bond acceptors (Lipinski definition) is 3. The van der Waals surface area contributed by atoms with Gasteiger partial charge in [0.05, 0.1) is 11.8 Å². The maximum atomic E-state index is 12.5. The van der Waals surface area contributed by atoms with Crippen LogP contribution in [0.3, 0.4) is 0 Å². The second-order valence-corrected chi connectivity index (χ2v) is 5.66. The summed E-state index contributed by atoms with van der Waals surface area (Å²) in [6, 6.07) is 6.66. The summed E-state index contributed by atoms with van der Waals surface area (Å²) in [5, 5.41) is 7.15. The van der Waals surface area contributed by atoms with Crippen LogP contribution in [-0.4, -0.2) is 21.6 Å². The molecule has 0 radical (unpaired) electrons. The molecule has 0 saturated carbocycles. The van der Waals surface area contributed by atoms with Crippen LogP contribution in [0.25, 0.3) is 0 Å². The first-order valence-corrected chi connectivity index (χ1v) is 7.00. The molecule has 0 aliphatic heterocycles. The molecule has 7 heteroatoms. The maximum Gasteiger partial charge on any atom is 0.255 e. The quantitative estimate of drug-likeness (QED) is 0.894. The number of benzene rings is 1. The molecule has 2 aromatic rings. The van der Waals surface area contributed by atoms with Crippen LogP contribution in [0.5, 0.6) is 0 Å².